The fourth-order valence-electron chi connectivity index (χ4n) is 3.45. The molecule has 0 spiro atoms. The van der Waals surface area contributed by atoms with E-state index in [0.717, 1.165) is 65.0 Å². The molecule has 1 aromatic heterocycles. The van der Waals surface area contributed by atoms with Gasteiger partial charge >= 0.3 is 0 Å². The van der Waals surface area contributed by atoms with Crippen molar-refractivity contribution in [1.82, 2.24) is 15.2 Å². The average Bonchev–Trinajstić information content (AvgIpc) is 2.59. The first-order valence-electron chi connectivity index (χ1n) is 8.59. The van der Waals surface area contributed by atoms with Gasteiger partial charge in [-0.1, -0.05) is 15.9 Å². The molecule has 1 saturated heterocycles. The molecule has 0 unspecified atom stereocenters. The Morgan fingerprint density at radius 3 is 2.62 bits per heavy atom. The number of likely N-dealkylation sites (tertiary alicyclic amines) is 1. The van der Waals surface area contributed by atoms with Crippen LogP contribution in [0.3, 0.4) is 0 Å². The molecule has 1 aliphatic heterocycles. The number of fused-ring (bicyclic) bond motifs is 1. The van der Waals surface area contributed by atoms with Crippen molar-refractivity contribution in [1.29, 1.82) is 0 Å². The van der Waals surface area contributed by atoms with Crippen molar-refractivity contribution in [2.24, 2.45) is 5.92 Å². The van der Waals surface area contributed by atoms with Crippen LogP contribution in [-0.2, 0) is 0 Å². The Kier molecular flexibility index (Phi) is 9.31. The van der Waals surface area contributed by atoms with Gasteiger partial charge in [0.05, 0.1) is 11.1 Å². The molecule has 3 rings (SSSR count). The molecule has 0 saturated carbocycles. The van der Waals surface area contributed by atoms with Crippen molar-refractivity contribution in [3.05, 3.63) is 40.0 Å². The van der Waals surface area contributed by atoms with Crippen LogP contribution >= 0.6 is 40.7 Å². The highest BCUT2D eigenvalue weighted by Gasteiger charge is 2.24. The lowest BCUT2D eigenvalue weighted by molar-refractivity contribution is 0.0689. The molecule has 0 aliphatic carbocycles. The van der Waals surface area contributed by atoms with E-state index in [1.807, 2.05) is 43.1 Å². The van der Waals surface area contributed by atoms with E-state index < -0.39 is 0 Å². The topological polar surface area (TPSA) is 45.2 Å². The summed E-state index contributed by atoms with van der Waals surface area (Å²) in [6.07, 6.45) is 3.39. The molecule has 2 heterocycles. The fourth-order valence-corrected chi connectivity index (χ4v) is 3.81. The SMILES string of the molecule is CNCCC1CCN(C(=O)c2cc(C)nc3ccc(Br)cc23)CC1.Cl.Cl. The molecule has 1 N–H and O–H groups in total. The van der Waals surface area contributed by atoms with Gasteiger partial charge in [-0.2, -0.15) is 0 Å². The standard InChI is InChI=1S/C19H24BrN3O.2ClH/c1-13-11-17(16-12-15(20)3-4-18(16)22-13)19(24)23-9-6-14(7-10-23)5-8-21-2;;/h3-4,11-12,14,21H,5-10H2,1-2H3;2*1H. The maximum atomic E-state index is 13.1. The largest absolute Gasteiger partial charge is 0.339 e. The van der Waals surface area contributed by atoms with Crippen molar-refractivity contribution in [2.75, 3.05) is 26.7 Å². The minimum absolute atomic E-state index is 0. The van der Waals surface area contributed by atoms with E-state index in [1.165, 1.54) is 6.42 Å². The zero-order valence-corrected chi connectivity index (χ0v) is 18.3. The van der Waals surface area contributed by atoms with Gasteiger partial charge in [0.25, 0.3) is 5.91 Å². The zero-order valence-electron chi connectivity index (χ0n) is 15.1. The van der Waals surface area contributed by atoms with E-state index in [1.54, 1.807) is 0 Å². The Balaban J connectivity index is 0.00000169. The van der Waals surface area contributed by atoms with Crippen LogP contribution in [0.5, 0.6) is 0 Å². The van der Waals surface area contributed by atoms with Crippen LogP contribution in [0.25, 0.3) is 10.9 Å². The number of aryl methyl sites for hydroxylation is 1. The number of nitrogens with zero attached hydrogens (tertiary/aromatic N) is 2. The number of carbonyl (C=O) groups is 1. The second-order valence-corrected chi connectivity index (χ2v) is 7.52. The number of benzene rings is 1. The molecule has 1 aromatic carbocycles. The van der Waals surface area contributed by atoms with Crippen LogP contribution in [0.15, 0.2) is 28.7 Å². The normalized spacial score (nSPS) is 14.7. The molecule has 0 atom stereocenters. The molecular weight excluding hydrogens is 437 g/mol. The quantitative estimate of drug-likeness (QED) is 0.721. The summed E-state index contributed by atoms with van der Waals surface area (Å²) in [5.74, 6) is 0.863. The van der Waals surface area contributed by atoms with Crippen LogP contribution in [0, 0.1) is 12.8 Å². The monoisotopic (exact) mass is 461 g/mol. The van der Waals surface area contributed by atoms with Crippen LogP contribution in [-0.4, -0.2) is 42.5 Å². The van der Waals surface area contributed by atoms with Gasteiger partial charge in [0.2, 0.25) is 0 Å². The Hall–Kier alpha value is -0.880. The van der Waals surface area contributed by atoms with Crippen LogP contribution in [0.1, 0.15) is 35.3 Å². The van der Waals surface area contributed by atoms with Gasteiger partial charge in [-0.3, -0.25) is 9.78 Å². The van der Waals surface area contributed by atoms with Crippen molar-refractivity contribution in [3.63, 3.8) is 0 Å². The first kappa shape index (κ1) is 23.2. The van der Waals surface area contributed by atoms with Gasteiger partial charge in [0, 0.05) is 28.6 Å². The third-order valence-electron chi connectivity index (χ3n) is 4.83. The Morgan fingerprint density at radius 1 is 1.27 bits per heavy atom. The second-order valence-electron chi connectivity index (χ2n) is 6.60. The summed E-state index contributed by atoms with van der Waals surface area (Å²) < 4.78 is 0.973. The predicted octanol–water partition coefficient (Wildman–Crippen LogP) is 4.61. The summed E-state index contributed by atoms with van der Waals surface area (Å²) in [4.78, 5) is 19.6. The predicted molar refractivity (Wildman–Crippen MR) is 116 cm³/mol. The molecule has 144 valence electrons. The number of halogens is 3. The van der Waals surface area contributed by atoms with E-state index in [0.29, 0.717) is 0 Å². The van der Waals surface area contributed by atoms with Gasteiger partial charge in [-0.05, 0) is 70.0 Å². The molecule has 1 fully saturated rings. The molecule has 1 aliphatic rings. The summed E-state index contributed by atoms with van der Waals surface area (Å²) >= 11 is 3.50. The maximum Gasteiger partial charge on any atom is 0.254 e. The van der Waals surface area contributed by atoms with Crippen molar-refractivity contribution in [2.45, 2.75) is 26.2 Å². The minimum Gasteiger partial charge on any atom is -0.339 e. The van der Waals surface area contributed by atoms with Gasteiger partial charge in [0.15, 0.2) is 0 Å². The molecule has 1 amide bonds. The smallest absolute Gasteiger partial charge is 0.254 e. The van der Waals surface area contributed by atoms with Crippen molar-refractivity contribution in [3.8, 4) is 0 Å². The van der Waals surface area contributed by atoms with E-state index in [4.69, 9.17) is 0 Å². The summed E-state index contributed by atoms with van der Waals surface area (Å²) in [6, 6.07) is 7.85. The van der Waals surface area contributed by atoms with Gasteiger partial charge in [-0.25, -0.2) is 0 Å². The number of rotatable bonds is 4. The lowest BCUT2D eigenvalue weighted by Gasteiger charge is -2.32. The van der Waals surface area contributed by atoms with Crippen LogP contribution in [0.2, 0.25) is 0 Å². The molecular formula is C19H26BrCl2N3O. The summed E-state index contributed by atoms with van der Waals surface area (Å²) in [7, 11) is 1.99. The summed E-state index contributed by atoms with van der Waals surface area (Å²) in [5.41, 5.74) is 2.54. The lowest BCUT2D eigenvalue weighted by atomic mass is 9.93. The summed E-state index contributed by atoms with van der Waals surface area (Å²) in [5, 5.41) is 4.14. The van der Waals surface area contributed by atoms with Gasteiger partial charge in [0.1, 0.15) is 0 Å². The highest BCUT2D eigenvalue weighted by molar-refractivity contribution is 9.10. The third kappa shape index (κ3) is 5.32. The molecule has 0 radical (unpaired) electrons. The number of hydrogen-bond acceptors (Lipinski definition) is 3. The molecule has 0 bridgehead atoms. The van der Waals surface area contributed by atoms with Crippen LogP contribution < -0.4 is 5.32 Å². The number of aromatic nitrogens is 1. The lowest BCUT2D eigenvalue weighted by Crippen LogP contribution is -2.39. The third-order valence-corrected chi connectivity index (χ3v) is 5.33. The molecule has 26 heavy (non-hydrogen) atoms. The fraction of sp³-hybridized carbons (Fsp3) is 0.474. The maximum absolute atomic E-state index is 13.1. The van der Waals surface area contributed by atoms with Crippen molar-refractivity contribution >= 4 is 57.6 Å². The first-order chi connectivity index (χ1) is 11.6. The number of amides is 1. The van der Waals surface area contributed by atoms with E-state index in [2.05, 4.69) is 26.2 Å². The molecule has 4 nitrogen and oxygen atoms in total. The zero-order chi connectivity index (χ0) is 17.1. The number of carbonyl (C=O) groups excluding carboxylic acids is 1. The molecule has 2 aromatic rings. The highest BCUT2D eigenvalue weighted by Crippen LogP contribution is 2.26. The van der Waals surface area contributed by atoms with Gasteiger partial charge in [-0.15, -0.1) is 24.8 Å². The van der Waals surface area contributed by atoms with E-state index in [9.17, 15) is 4.79 Å². The first-order valence-corrected chi connectivity index (χ1v) is 9.38. The highest BCUT2D eigenvalue weighted by atomic mass is 79.9. The van der Waals surface area contributed by atoms with Crippen LogP contribution in [0.4, 0.5) is 0 Å². The second kappa shape index (κ2) is 10.5. The number of nitrogens with one attached hydrogen (secondary N) is 1. The van der Waals surface area contributed by atoms with Gasteiger partial charge < -0.3 is 10.2 Å². The minimum atomic E-state index is 0. The average molecular weight is 463 g/mol. The number of piperidine rings is 1. The van der Waals surface area contributed by atoms with E-state index >= 15 is 0 Å². The van der Waals surface area contributed by atoms with Crippen molar-refractivity contribution < 1.29 is 4.79 Å². The van der Waals surface area contributed by atoms with E-state index in [-0.39, 0.29) is 30.7 Å². The summed E-state index contributed by atoms with van der Waals surface area (Å²) in [6.45, 7) is 4.71. The number of pyridine rings is 1. The Labute approximate surface area is 176 Å². The molecule has 7 heteroatoms. The number of hydrogen-bond donors (Lipinski definition) is 1. The Morgan fingerprint density at radius 2 is 1.96 bits per heavy atom. The Bertz CT molecular complexity index is 749.